The molecule has 0 aromatic heterocycles. The van der Waals surface area contributed by atoms with Crippen LogP contribution in [0.15, 0.2) is 72.3 Å². The van der Waals surface area contributed by atoms with Crippen molar-refractivity contribution in [3.63, 3.8) is 0 Å². The number of carbonyl (C=O) groups is 3. The van der Waals surface area contributed by atoms with Crippen molar-refractivity contribution in [3.05, 3.63) is 100 Å². The highest BCUT2D eigenvalue weighted by molar-refractivity contribution is 5.97. The lowest BCUT2D eigenvalue weighted by Crippen LogP contribution is -2.20. The van der Waals surface area contributed by atoms with E-state index in [-0.39, 0.29) is 23.1 Å². The summed E-state index contributed by atoms with van der Waals surface area (Å²) in [4.78, 5) is 35.7. The van der Waals surface area contributed by atoms with E-state index in [1.54, 1.807) is 19.9 Å². The number of esters is 1. The van der Waals surface area contributed by atoms with Gasteiger partial charge in [0.2, 0.25) is 0 Å². The van der Waals surface area contributed by atoms with E-state index in [1.807, 2.05) is 54.6 Å². The maximum Gasteiger partial charge on any atom is 0.336 e. The summed E-state index contributed by atoms with van der Waals surface area (Å²) in [5, 5.41) is 18.9. The van der Waals surface area contributed by atoms with Crippen molar-refractivity contribution < 1.29 is 29.3 Å². The van der Waals surface area contributed by atoms with Gasteiger partial charge in [0.25, 0.3) is 0 Å². The Morgan fingerprint density at radius 1 is 0.912 bits per heavy atom. The minimum absolute atomic E-state index is 0.0673. The number of carboxylic acid groups (broad SMARTS) is 2. The standard InChI is InChI=1S/C28H26O6/c1-17(14-20-8-7-11-22(16-20)21-9-5-4-6-10-21)28(33)34-18(2)15-23-12-13-24(26(29)30)19(3)25(23)27(31)32/h4-14,16,18H,15H2,1-3H3,(H,29,30)(H,31,32). The molecular weight excluding hydrogens is 432 g/mol. The van der Waals surface area contributed by atoms with Crippen LogP contribution >= 0.6 is 0 Å². The quantitative estimate of drug-likeness (QED) is 0.335. The van der Waals surface area contributed by atoms with Crippen LogP contribution in [0.25, 0.3) is 17.2 Å². The molecule has 2 N–H and O–H groups in total. The zero-order valence-electron chi connectivity index (χ0n) is 19.2. The van der Waals surface area contributed by atoms with Gasteiger partial charge >= 0.3 is 17.9 Å². The maximum atomic E-state index is 12.6. The molecule has 0 aliphatic rings. The van der Waals surface area contributed by atoms with E-state index in [9.17, 15) is 24.6 Å². The number of ether oxygens (including phenoxy) is 1. The van der Waals surface area contributed by atoms with Crippen LogP contribution in [0.4, 0.5) is 0 Å². The topological polar surface area (TPSA) is 101 Å². The molecule has 3 rings (SSSR count). The van der Waals surface area contributed by atoms with E-state index in [2.05, 4.69) is 0 Å². The second-order valence-electron chi connectivity index (χ2n) is 8.12. The molecule has 0 bridgehead atoms. The van der Waals surface area contributed by atoms with Crippen molar-refractivity contribution in [2.45, 2.75) is 33.3 Å². The zero-order chi connectivity index (χ0) is 24.8. The largest absolute Gasteiger partial charge is 0.478 e. The fourth-order valence-electron chi connectivity index (χ4n) is 3.84. The summed E-state index contributed by atoms with van der Waals surface area (Å²) in [5.41, 5.74) is 3.81. The predicted octanol–water partition coefficient (Wildman–Crippen LogP) is 5.64. The number of benzene rings is 3. The number of rotatable bonds is 8. The van der Waals surface area contributed by atoms with Gasteiger partial charge in [-0.25, -0.2) is 14.4 Å². The van der Waals surface area contributed by atoms with E-state index in [1.165, 1.54) is 19.1 Å². The van der Waals surface area contributed by atoms with Gasteiger partial charge in [0.15, 0.2) is 0 Å². The second-order valence-corrected chi connectivity index (χ2v) is 8.12. The monoisotopic (exact) mass is 458 g/mol. The van der Waals surface area contributed by atoms with E-state index < -0.39 is 24.0 Å². The maximum absolute atomic E-state index is 12.6. The van der Waals surface area contributed by atoms with Gasteiger partial charge < -0.3 is 14.9 Å². The Morgan fingerprint density at radius 2 is 1.59 bits per heavy atom. The van der Waals surface area contributed by atoms with Crippen molar-refractivity contribution in [2.75, 3.05) is 0 Å². The molecule has 6 heteroatoms. The third-order valence-electron chi connectivity index (χ3n) is 5.51. The zero-order valence-corrected chi connectivity index (χ0v) is 19.2. The first kappa shape index (κ1) is 24.5. The molecule has 1 atom stereocenters. The van der Waals surface area contributed by atoms with Gasteiger partial charge in [-0.15, -0.1) is 0 Å². The average Bonchev–Trinajstić information content (AvgIpc) is 2.79. The smallest absolute Gasteiger partial charge is 0.336 e. The Balaban J connectivity index is 1.74. The average molecular weight is 459 g/mol. The van der Waals surface area contributed by atoms with Gasteiger partial charge in [-0.1, -0.05) is 54.6 Å². The van der Waals surface area contributed by atoms with Crippen LogP contribution in [-0.2, 0) is 16.0 Å². The molecule has 0 aliphatic heterocycles. The van der Waals surface area contributed by atoms with Gasteiger partial charge in [-0.2, -0.15) is 0 Å². The highest BCUT2D eigenvalue weighted by Crippen LogP contribution is 2.23. The van der Waals surface area contributed by atoms with Crippen LogP contribution in [-0.4, -0.2) is 34.2 Å². The minimum Gasteiger partial charge on any atom is -0.478 e. The molecule has 1 unspecified atom stereocenters. The molecule has 3 aromatic rings. The molecule has 3 aromatic carbocycles. The Bertz CT molecular complexity index is 1260. The summed E-state index contributed by atoms with van der Waals surface area (Å²) >= 11 is 0. The predicted molar refractivity (Wildman–Crippen MR) is 130 cm³/mol. The first-order valence-corrected chi connectivity index (χ1v) is 10.8. The van der Waals surface area contributed by atoms with Gasteiger partial charge in [0.1, 0.15) is 6.10 Å². The van der Waals surface area contributed by atoms with Crippen LogP contribution < -0.4 is 0 Å². The number of hydrogen-bond donors (Lipinski definition) is 2. The van der Waals surface area contributed by atoms with Crippen molar-refractivity contribution in [1.29, 1.82) is 0 Å². The summed E-state index contributed by atoms with van der Waals surface area (Å²) < 4.78 is 5.54. The third kappa shape index (κ3) is 5.78. The number of aromatic carboxylic acids is 2. The van der Waals surface area contributed by atoms with Crippen LogP contribution in [0.2, 0.25) is 0 Å². The van der Waals surface area contributed by atoms with Gasteiger partial charge in [0, 0.05) is 12.0 Å². The Kier molecular flexibility index (Phi) is 7.64. The van der Waals surface area contributed by atoms with Crippen LogP contribution in [0.3, 0.4) is 0 Å². The van der Waals surface area contributed by atoms with E-state index >= 15 is 0 Å². The molecule has 0 aliphatic carbocycles. The SMILES string of the molecule is CC(=Cc1cccc(-c2ccccc2)c1)C(=O)OC(C)Cc1ccc(C(=O)O)c(C)c1C(=O)O. The molecular formula is C28H26O6. The molecule has 0 amide bonds. The van der Waals surface area contributed by atoms with Crippen molar-refractivity contribution in [3.8, 4) is 11.1 Å². The highest BCUT2D eigenvalue weighted by atomic mass is 16.5. The van der Waals surface area contributed by atoms with Crippen LogP contribution in [0.1, 0.15) is 51.3 Å². The normalized spacial score (nSPS) is 12.1. The van der Waals surface area contributed by atoms with E-state index in [0.717, 1.165) is 16.7 Å². The van der Waals surface area contributed by atoms with Gasteiger partial charge in [-0.3, -0.25) is 0 Å². The fraction of sp³-hybridized carbons (Fsp3) is 0.179. The lowest BCUT2D eigenvalue weighted by Gasteiger charge is -2.17. The number of carbonyl (C=O) groups excluding carboxylic acids is 1. The number of carboxylic acids is 2. The van der Waals surface area contributed by atoms with Gasteiger partial charge in [-0.05, 0) is 66.8 Å². The fourth-order valence-corrected chi connectivity index (χ4v) is 3.84. The lowest BCUT2D eigenvalue weighted by atomic mass is 9.94. The Labute approximate surface area is 198 Å². The molecule has 0 spiro atoms. The van der Waals surface area contributed by atoms with Crippen LogP contribution in [0.5, 0.6) is 0 Å². The molecule has 0 saturated heterocycles. The molecule has 6 nitrogen and oxygen atoms in total. The molecule has 34 heavy (non-hydrogen) atoms. The second kappa shape index (κ2) is 10.6. The Morgan fingerprint density at radius 3 is 2.24 bits per heavy atom. The van der Waals surface area contributed by atoms with Crippen molar-refractivity contribution in [2.24, 2.45) is 0 Å². The van der Waals surface area contributed by atoms with Crippen molar-refractivity contribution >= 4 is 24.0 Å². The third-order valence-corrected chi connectivity index (χ3v) is 5.51. The number of hydrogen-bond acceptors (Lipinski definition) is 4. The molecule has 0 heterocycles. The van der Waals surface area contributed by atoms with E-state index in [0.29, 0.717) is 11.1 Å². The highest BCUT2D eigenvalue weighted by Gasteiger charge is 2.22. The first-order chi connectivity index (χ1) is 16.2. The van der Waals surface area contributed by atoms with Crippen molar-refractivity contribution in [1.82, 2.24) is 0 Å². The summed E-state index contributed by atoms with van der Waals surface area (Å²) in [5.74, 6) is -2.92. The van der Waals surface area contributed by atoms with Crippen LogP contribution in [0, 0.1) is 6.92 Å². The van der Waals surface area contributed by atoms with E-state index in [4.69, 9.17) is 4.74 Å². The molecule has 0 fully saturated rings. The minimum atomic E-state index is -1.22. The lowest BCUT2D eigenvalue weighted by molar-refractivity contribution is -0.143. The molecule has 0 radical (unpaired) electrons. The molecule has 174 valence electrons. The summed E-state index contributed by atoms with van der Waals surface area (Å²) in [6, 6.07) is 20.6. The van der Waals surface area contributed by atoms with Gasteiger partial charge in [0.05, 0.1) is 11.1 Å². The first-order valence-electron chi connectivity index (χ1n) is 10.8. The molecule has 0 saturated carbocycles. The summed E-state index contributed by atoms with van der Waals surface area (Å²) in [6.07, 6.45) is 1.28. The Hall–Kier alpha value is -4.19. The summed E-state index contributed by atoms with van der Waals surface area (Å²) in [7, 11) is 0. The summed E-state index contributed by atoms with van der Waals surface area (Å²) in [6.45, 7) is 4.80.